The summed E-state index contributed by atoms with van der Waals surface area (Å²) in [6.07, 6.45) is 5.14. The zero-order valence-corrected chi connectivity index (χ0v) is 11.6. The van der Waals surface area contributed by atoms with Crippen LogP contribution in [0.3, 0.4) is 0 Å². The van der Waals surface area contributed by atoms with Gasteiger partial charge in [0.2, 0.25) is 5.91 Å². The Morgan fingerprint density at radius 2 is 2.18 bits per heavy atom. The maximum Gasteiger partial charge on any atom is 0.223 e. The lowest BCUT2D eigenvalue weighted by Gasteiger charge is -2.26. The third-order valence-electron chi connectivity index (χ3n) is 3.77. The van der Waals surface area contributed by atoms with Gasteiger partial charge < -0.3 is 10.6 Å². The van der Waals surface area contributed by atoms with Gasteiger partial charge in [-0.05, 0) is 44.1 Å². The van der Waals surface area contributed by atoms with Crippen LogP contribution in [0.5, 0.6) is 0 Å². The predicted octanol–water partition coefficient (Wildman–Crippen LogP) is 2.40. The van der Waals surface area contributed by atoms with Crippen LogP contribution in [0.4, 0.5) is 0 Å². The molecule has 0 bridgehead atoms. The van der Waals surface area contributed by atoms with E-state index in [1.807, 2.05) is 0 Å². The summed E-state index contributed by atoms with van der Waals surface area (Å²) in [5.41, 5.74) is 5.76. The molecule has 1 saturated heterocycles. The molecule has 0 aromatic heterocycles. The molecule has 1 aliphatic rings. The van der Waals surface area contributed by atoms with Gasteiger partial charge in [-0.3, -0.25) is 4.79 Å². The molecule has 100 valence electrons. The normalized spacial score (nSPS) is 22.2. The monoisotopic (exact) mass is 240 g/mol. The van der Waals surface area contributed by atoms with Gasteiger partial charge in [0.15, 0.2) is 0 Å². The van der Waals surface area contributed by atoms with E-state index in [2.05, 4.69) is 25.7 Å². The van der Waals surface area contributed by atoms with Crippen LogP contribution in [-0.4, -0.2) is 29.9 Å². The number of nitrogens with two attached hydrogens (primary N) is 1. The second kappa shape index (κ2) is 7.00. The highest BCUT2D eigenvalue weighted by Crippen LogP contribution is 2.23. The summed E-state index contributed by atoms with van der Waals surface area (Å²) in [5.74, 6) is 1.31. The Morgan fingerprint density at radius 1 is 1.47 bits per heavy atom. The Kier molecular flexibility index (Phi) is 5.96. The van der Waals surface area contributed by atoms with Crippen LogP contribution >= 0.6 is 0 Å². The van der Waals surface area contributed by atoms with E-state index in [0.717, 1.165) is 19.4 Å². The first-order valence-electron chi connectivity index (χ1n) is 7.08. The Bertz CT molecular complexity index is 240. The number of amides is 1. The van der Waals surface area contributed by atoms with E-state index >= 15 is 0 Å². The van der Waals surface area contributed by atoms with E-state index in [1.165, 1.54) is 12.8 Å². The van der Waals surface area contributed by atoms with Crippen molar-refractivity contribution in [3.05, 3.63) is 0 Å². The quantitative estimate of drug-likeness (QED) is 0.775. The Balaban J connectivity index is 2.46. The molecule has 1 heterocycles. The van der Waals surface area contributed by atoms with Crippen molar-refractivity contribution in [1.82, 2.24) is 4.90 Å². The van der Waals surface area contributed by atoms with E-state index in [1.54, 1.807) is 0 Å². The van der Waals surface area contributed by atoms with Crippen molar-refractivity contribution < 1.29 is 4.79 Å². The molecule has 0 saturated carbocycles. The largest absolute Gasteiger partial charge is 0.340 e. The number of hydrogen-bond acceptors (Lipinski definition) is 2. The molecule has 1 aliphatic heterocycles. The molecular formula is C14H28N2O. The van der Waals surface area contributed by atoms with Crippen molar-refractivity contribution >= 4 is 5.91 Å². The Hall–Kier alpha value is -0.570. The summed E-state index contributed by atoms with van der Waals surface area (Å²) in [5, 5.41) is 0. The van der Waals surface area contributed by atoms with E-state index in [9.17, 15) is 4.79 Å². The van der Waals surface area contributed by atoms with E-state index in [0.29, 0.717) is 36.8 Å². The Labute approximate surface area is 106 Å². The topological polar surface area (TPSA) is 46.3 Å². The fraction of sp³-hybridized carbons (Fsp3) is 0.929. The van der Waals surface area contributed by atoms with Gasteiger partial charge in [0.25, 0.3) is 0 Å². The van der Waals surface area contributed by atoms with Crippen LogP contribution in [0, 0.1) is 11.8 Å². The molecule has 1 amide bonds. The molecule has 2 atom stereocenters. The Morgan fingerprint density at radius 3 is 2.71 bits per heavy atom. The lowest BCUT2D eigenvalue weighted by molar-refractivity contribution is -0.133. The highest BCUT2D eigenvalue weighted by molar-refractivity contribution is 5.77. The van der Waals surface area contributed by atoms with Crippen LogP contribution in [0.25, 0.3) is 0 Å². The standard InChI is InChI=1S/C14H28N2O/c1-4-13-6-5-7-16(13)14(17)9-12(10-15)8-11(2)3/h11-13H,4-10,15H2,1-3H3/t12-,13?/m0/s1. The van der Waals surface area contributed by atoms with E-state index in [-0.39, 0.29) is 0 Å². The number of hydrogen-bond donors (Lipinski definition) is 1. The smallest absolute Gasteiger partial charge is 0.223 e. The fourth-order valence-electron chi connectivity index (χ4n) is 2.88. The van der Waals surface area contributed by atoms with Crippen molar-refractivity contribution in [1.29, 1.82) is 0 Å². The van der Waals surface area contributed by atoms with Crippen LogP contribution in [0.1, 0.15) is 52.9 Å². The molecule has 3 heteroatoms. The van der Waals surface area contributed by atoms with E-state index < -0.39 is 0 Å². The number of carbonyl (C=O) groups excluding carboxylic acids is 1. The lowest BCUT2D eigenvalue weighted by Crippen LogP contribution is -2.37. The average Bonchev–Trinajstić information content (AvgIpc) is 2.75. The summed E-state index contributed by atoms with van der Waals surface area (Å²) in [6, 6.07) is 0.486. The number of likely N-dealkylation sites (tertiary alicyclic amines) is 1. The molecule has 0 aromatic carbocycles. The molecule has 0 aliphatic carbocycles. The molecule has 1 rings (SSSR count). The minimum Gasteiger partial charge on any atom is -0.340 e. The van der Waals surface area contributed by atoms with Gasteiger partial charge in [-0.2, -0.15) is 0 Å². The third kappa shape index (κ3) is 4.30. The van der Waals surface area contributed by atoms with Crippen LogP contribution in [0.15, 0.2) is 0 Å². The average molecular weight is 240 g/mol. The molecular weight excluding hydrogens is 212 g/mol. The molecule has 1 unspecified atom stereocenters. The minimum absolute atomic E-state index is 0.324. The van der Waals surface area contributed by atoms with Gasteiger partial charge in [0.05, 0.1) is 0 Å². The van der Waals surface area contributed by atoms with Gasteiger partial charge in [0, 0.05) is 19.0 Å². The summed E-state index contributed by atoms with van der Waals surface area (Å²) in [6.45, 7) is 8.14. The molecule has 17 heavy (non-hydrogen) atoms. The summed E-state index contributed by atoms with van der Waals surface area (Å²) in [7, 11) is 0. The highest BCUT2D eigenvalue weighted by atomic mass is 16.2. The maximum atomic E-state index is 12.2. The molecule has 0 aromatic rings. The first-order chi connectivity index (χ1) is 8.08. The number of nitrogens with zero attached hydrogens (tertiary/aromatic N) is 1. The number of carbonyl (C=O) groups is 1. The second-order valence-corrected chi connectivity index (χ2v) is 5.73. The van der Waals surface area contributed by atoms with Gasteiger partial charge in [-0.15, -0.1) is 0 Å². The molecule has 0 radical (unpaired) electrons. The zero-order chi connectivity index (χ0) is 12.8. The SMILES string of the molecule is CCC1CCCN1C(=O)C[C@@H](CN)CC(C)C. The fourth-order valence-corrected chi connectivity index (χ4v) is 2.88. The summed E-state index contributed by atoms with van der Waals surface area (Å²) >= 11 is 0. The van der Waals surface area contributed by atoms with Crippen molar-refractivity contribution in [3.8, 4) is 0 Å². The van der Waals surface area contributed by atoms with E-state index in [4.69, 9.17) is 5.73 Å². The summed E-state index contributed by atoms with van der Waals surface area (Å²) < 4.78 is 0. The highest BCUT2D eigenvalue weighted by Gasteiger charge is 2.28. The van der Waals surface area contributed by atoms with Gasteiger partial charge in [-0.1, -0.05) is 20.8 Å². The molecule has 2 N–H and O–H groups in total. The number of rotatable bonds is 6. The molecule has 1 fully saturated rings. The van der Waals surface area contributed by atoms with Gasteiger partial charge >= 0.3 is 0 Å². The summed E-state index contributed by atoms with van der Waals surface area (Å²) in [4.78, 5) is 14.3. The second-order valence-electron chi connectivity index (χ2n) is 5.73. The van der Waals surface area contributed by atoms with Crippen molar-refractivity contribution in [2.24, 2.45) is 17.6 Å². The predicted molar refractivity (Wildman–Crippen MR) is 71.6 cm³/mol. The minimum atomic E-state index is 0.324. The maximum absolute atomic E-state index is 12.2. The van der Waals surface area contributed by atoms with Gasteiger partial charge in [-0.25, -0.2) is 0 Å². The molecule has 0 spiro atoms. The van der Waals surface area contributed by atoms with Gasteiger partial charge in [0.1, 0.15) is 0 Å². The lowest BCUT2D eigenvalue weighted by atomic mass is 9.93. The first kappa shape index (κ1) is 14.5. The van der Waals surface area contributed by atoms with Crippen molar-refractivity contribution in [2.75, 3.05) is 13.1 Å². The van der Waals surface area contributed by atoms with Crippen molar-refractivity contribution in [2.45, 2.75) is 58.9 Å². The van der Waals surface area contributed by atoms with Crippen LogP contribution in [-0.2, 0) is 4.79 Å². The van der Waals surface area contributed by atoms with Crippen LogP contribution in [0.2, 0.25) is 0 Å². The zero-order valence-electron chi connectivity index (χ0n) is 11.6. The molecule has 3 nitrogen and oxygen atoms in total. The van der Waals surface area contributed by atoms with Crippen LogP contribution < -0.4 is 5.73 Å². The first-order valence-corrected chi connectivity index (χ1v) is 7.08. The third-order valence-corrected chi connectivity index (χ3v) is 3.77. The van der Waals surface area contributed by atoms with Crippen molar-refractivity contribution in [3.63, 3.8) is 0 Å².